The number of hydrogen-bond acceptors (Lipinski definition) is 7. The molecule has 0 N–H and O–H groups in total. The van der Waals surface area contributed by atoms with E-state index in [9.17, 15) is 27.4 Å². The minimum absolute atomic E-state index is 0.00276. The van der Waals surface area contributed by atoms with Gasteiger partial charge >= 0.3 is 0 Å². The Morgan fingerprint density at radius 3 is 1.50 bits per heavy atom. The maximum Gasteiger partial charge on any atom is 0.206 e. The third-order valence-corrected chi connectivity index (χ3v) is 15.9. The first-order valence-corrected chi connectivity index (χ1v) is 20.1. The van der Waals surface area contributed by atoms with Gasteiger partial charge in [-0.1, -0.05) is 66.7 Å². The SMILES string of the molecule is N#CC(C#N)=C1c2cc(S(=O)(=O)c3ccccc3)ccc2-c2cc3c(cc21)[SH](=O)(c1ccccc1)c1cc(S(=O)(=O)c2ccccc2)ccc1-3. The van der Waals surface area contributed by atoms with Crippen LogP contribution in [0.1, 0.15) is 11.1 Å². The fourth-order valence-corrected chi connectivity index (χ4v) is 12.7. The van der Waals surface area contributed by atoms with Gasteiger partial charge in [-0.05, 0) is 116 Å². The summed E-state index contributed by atoms with van der Waals surface area (Å²) in [4.78, 5) is 1.53. The van der Waals surface area contributed by atoms with Gasteiger partial charge in [0.2, 0.25) is 19.7 Å². The second-order valence-electron chi connectivity index (χ2n) is 11.9. The molecule has 0 saturated heterocycles. The highest BCUT2D eigenvalue weighted by Gasteiger charge is 2.40. The Hall–Kier alpha value is -5.91. The minimum Gasteiger partial charge on any atom is -0.271 e. The molecular weight excluding hydrogens is 685 g/mol. The van der Waals surface area contributed by atoms with Gasteiger partial charge in [-0.3, -0.25) is 4.21 Å². The first-order valence-electron chi connectivity index (χ1n) is 15.4. The lowest BCUT2D eigenvalue weighted by Crippen LogP contribution is -2.12. The zero-order valence-electron chi connectivity index (χ0n) is 26.0. The van der Waals surface area contributed by atoms with Crippen LogP contribution in [0.15, 0.2) is 179 Å². The topological polar surface area (TPSA) is 133 Å². The average molecular weight is 709 g/mol. The van der Waals surface area contributed by atoms with Crippen LogP contribution in [0, 0.1) is 22.7 Å². The van der Waals surface area contributed by atoms with Crippen molar-refractivity contribution in [2.24, 2.45) is 0 Å². The summed E-state index contributed by atoms with van der Waals surface area (Å²) in [5, 5.41) is 20.2. The molecule has 0 aromatic heterocycles. The molecule has 2 aliphatic rings. The molecule has 0 spiro atoms. The maximum atomic E-state index is 15.7. The van der Waals surface area contributed by atoms with Gasteiger partial charge in [0.05, 0.1) is 19.6 Å². The van der Waals surface area contributed by atoms with Crippen LogP contribution < -0.4 is 0 Å². The summed E-state index contributed by atoms with van der Waals surface area (Å²) >= 11 is 0. The number of hydrogen-bond donors (Lipinski definition) is 1. The Bertz CT molecular complexity index is 2800. The van der Waals surface area contributed by atoms with Gasteiger partial charge in [0.15, 0.2) is 0 Å². The van der Waals surface area contributed by atoms with Crippen LogP contribution >= 0.6 is 0 Å². The molecule has 7 nitrogen and oxygen atoms in total. The van der Waals surface area contributed by atoms with Crippen molar-refractivity contribution in [3.05, 3.63) is 156 Å². The summed E-state index contributed by atoms with van der Waals surface area (Å²) in [7, 11) is -11.6. The van der Waals surface area contributed by atoms with Crippen molar-refractivity contribution in [2.75, 3.05) is 0 Å². The number of benzene rings is 6. The van der Waals surface area contributed by atoms with E-state index < -0.39 is 29.6 Å². The highest BCUT2D eigenvalue weighted by molar-refractivity contribution is 8.03. The maximum absolute atomic E-state index is 15.7. The van der Waals surface area contributed by atoms with Crippen LogP contribution in [0.5, 0.6) is 0 Å². The van der Waals surface area contributed by atoms with E-state index in [0.717, 1.165) is 0 Å². The van der Waals surface area contributed by atoms with E-state index in [1.807, 2.05) is 18.2 Å². The molecule has 0 radical (unpaired) electrons. The van der Waals surface area contributed by atoms with Crippen LogP contribution in [0.25, 0.3) is 27.8 Å². The fraction of sp³-hybridized carbons (Fsp3) is 0. The lowest BCUT2D eigenvalue weighted by molar-refractivity contribution is 0.594. The Morgan fingerprint density at radius 2 is 0.940 bits per heavy atom. The number of nitriles is 2. The van der Waals surface area contributed by atoms with E-state index in [1.54, 1.807) is 84.9 Å². The summed E-state index contributed by atoms with van der Waals surface area (Å²) in [6.07, 6.45) is 0. The number of nitrogens with zero attached hydrogens (tertiary/aromatic N) is 2. The molecule has 0 amide bonds. The lowest BCUT2D eigenvalue weighted by atomic mass is 9.96. The van der Waals surface area contributed by atoms with Crippen LogP contribution in [-0.2, 0) is 29.6 Å². The predicted octanol–water partition coefficient (Wildman–Crippen LogP) is 7.66. The number of allylic oxidation sites excluding steroid dienone is 1. The molecule has 1 heterocycles. The van der Waals surface area contributed by atoms with Crippen LogP contribution in [-0.4, -0.2) is 21.0 Å². The van der Waals surface area contributed by atoms with Gasteiger partial charge in [0.25, 0.3) is 0 Å². The Kier molecular flexibility index (Phi) is 7.11. The van der Waals surface area contributed by atoms with E-state index in [2.05, 4.69) is 0 Å². The molecule has 0 saturated carbocycles. The van der Waals surface area contributed by atoms with Crippen molar-refractivity contribution < 1.29 is 21.0 Å². The third kappa shape index (κ3) is 4.47. The number of sulfone groups is 2. The van der Waals surface area contributed by atoms with Crippen molar-refractivity contribution in [2.45, 2.75) is 34.3 Å². The summed E-state index contributed by atoms with van der Waals surface area (Å²) in [5.74, 6) is 0. The Labute approximate surface area is 290 Å². The first kappa shape index (κ1) is 31.4. The molecule has 242 valence electrons. The predicted molar refractivity (Wildman–Crippen MR) is 189 cm³/mol. The number of fused-ring (bicyclic) bond motifs is 6. The first-order chi connectivity index (χ1) is 24.1. The van der Waals surface area contributed by atoms with Gasteiger partial charge in [0.1, 0.15) is 17.7 Å². The minimum atomic E-state index is -3.94. The zero-order chi connectivity index (χ0) is 34.8. The molecule has 0 bridgehead atoms. The van der Waals surface area contributed by atoms with Gasteiger partial charge in [0, 0.05) is 20.3 Å². The van der Waals surface area contributed by atoms with Crippen molar-refractivity contribution >= 4 is 35.2 Å². The van der Waals surface area contributed by atoms with Crippen LogP contribution in [0.2, 0.25) is 0 Å². The molecule has 50 heavy (non-hydrogen) atoms. The second-order valence-corrected chi connectivity index (χ2v) is 18.5. The van der Waals surface area contributed by atoms with Crippen LogP contribution in [0.4, 0.5) is 0 Å². The smallest absolute Gasteiger partial charge is 0.206 e. The highest BCUT2D eigenvalue weighted by Crippen LogP contribution is 2.57. The Morgan fingerprint density at radius 1 is 0.460 bits per heavy atom. The van der Waals surface area contributed by atoms with Crippen molar-refractivity contribution in [3.8, 4) is 34.4 Å². The third-order valence-electron chi connectivity index (χ3n) is 9.21. The summed E-state index contributed by atoms with van der Waals surface area (Å²) in [6, 6.07) is 41.7. The highest BCUT2D eigenvalue weighted by atomic mass is 32.2. The van der Waals surface area contributed by atoms with Crippen molar-refractivity contribution in [1.82, 2.24) is 0 Å². The number of rotatable bonds is 5. The molecule has 6 aromatic rings. The normalized spacial score (nSPS) is 14.3. The molecule has 1 aliphatic heterocycles. The van der Waals surface area contributed by atoms with Crippen molar-refractivity contribution in [3.63, 3.8) is 0 Å². The van der Waals surface area contributed by atoms with Gasteiger partial charge in [-0.15, -0.1) is 0 Å². The van der Waals surface area contributed by atoms with E-state index in [0.29, 0.717) is 48.1 Å². The number of thiol groups is 1. The van der Waals surface area contributed by atoms with Gasteiger partial charge in [-0.25, -0.2) is 16.8 Å². The second kappa shape index (κ2) is 11.3. The average Bonchev–Trinajstić information content (AvgIpc) is 3.61. The zero-order valence-corrected chi connectivity index (χ0v) is 28.5. The summed E-state index contributed by atoms with van der Waals surface area (Å²) in [6.45, 7) is 0. The van der Waals surface area contributed by atoms with E-state index in [1.165, 1.54) is 48.5 Å². The molecule has 0 atom stereocenters. The molecule has 8 rings (SSSR count). The summed E-state index contributed by atoms with van der Waals surface area (Å²) < 4.78 is 70.4. The molecule has 1 aliphatic carbocycles. The standard InChI is InChI=1S/C40H24N2O5S3/c41-24-26(25-42)40-36-20-30(49(44,45)28-12-6-2-7-13-28)16-18-32(36)34-22-35-33-19-17-31(50(46,47)29-14-8-3-9-15-29)21-38(33)48(43,39(35)23-37(34)40)27-10-4-1-5-11-27/h1-23,48H. The molecule has 6 aromatic carbocycles. The molecular formula is C40H24N2O5S3. The molecule has 10 heteroatoms. The quantitative estimate of drug-likeness (QED) is 0.143. The van der Waals surface area contributed by atoms with Gasteiger partial charge < -0.3 is 0 Å². The van der Waals surface area contributed by atoms with E-state index in [-0.39, 0.29) is 30.7 Å². The molecule has 0 unspecified atom stereocenters. The van der Waals surface area contributed by atoms with Crippen LogP contribution in [0.3, 0.4) is 0 Å². The van der Waals surface area contributed by atoms with E-state index in [4.69, 9.17) is 0 Å². The van der Waals surface area contributed by atoms with Gasteiger partial charge in [-0.2, -0.15) is 10.5 Å². The monoisotopic (exact) mass is 708 g/mol. The van der Waals surface area contributed by atoms with Crippen molar-refractivity contribution in [1.29, 1.82) is 10.5 Å². The molecule has 0 fully saturated rings. The van der Waals surface area contributed by atoms with E-state index >= 15 is 4.21 Å². The fourth-order valence-electron chi connectivity index (χ4n) is 6.86. The lowest BCUT2D eigenvalue weighted by Gasteiger charge is -2.22. The largest absolute Gasteiger partial charge is 0.271 e. The summed E-state index contributed by atoms with van der Waals surface area (Å²) in [5.41, 5.74) is 3.36. The Balaban J connectivity index is 1.39.